The van der Waals surface area contributed by atoms with Gasteiger partial charge in [-0.05, 0) is 84.3 Å². The Kier molecular flexibility index (Phi) is 7.75. The zero-order valence-electron chi connectivity index (χ0n) is 31.2. The predicted octanol–water partition coefficient (Wildman–Crippen LogP) is 13.8. The minimum atomic E-state index is -0.550. The molecule has 0 N–H and O–H groups in total. The summed E-state index contributed by atoms with van der Waals surface area (Å²) in [4.78, 5) is 10.8. The van der Waals surface area contributed by atoms with Crippen molar-refractivity contribution in [3.63, 3.8) is 0 Å². The molecular formula is C55H36N2. The molecule has 0 saturated heterocycles. The van der Waals surface area contributed by atoms with Gasteiger partial charge in [-0.1, -0.05) is 200 Å². The van der Waals surface area contributed by atoms with Gasteiger partial charge in [-0.2, -0.15) is 0 Å². The lowest BCUT2D eigenvalue weighted by Crippen LogP contribution is -2.28. The molecule has 1 aliphatic rings. The molecule has 0 aliphatic heterocycles. The van der Waals surface area contributed by atoms with E-state index in [0.29, 0.717) is 5.82 Å². The monoisotopic (exact) mass is 724 g/mol. The quantitative estimate of drug-likeness (QED) is 0.171. The highest BCUT2D eigenvalue weighted by Gasteiger charge is 2.46. The summed E-state index contributed by atoms with van der Waals surface area (Å²) >= 11 is 0. The smallest absolute Gasteiger partial charge is 0.160 e. The Morgan fingerprint density at radius 2 is 0.895 bits per heavy atom. The maximum Gasteiger partial charge on any atom is 0.160 e. The molecule has 0 radical (unpaired) electrons. The van der Waals surface area contributed by atoms with E-state index in [1.54, 1.807) is 0 Å². The van der Waals surface area contributed by atoms with Crippen LogP contribution in [0.4, 0.5) is 0 Å². The molecule has 11 rings (SSSR count). The first-order valence-electron chi connectivity index (χ1n) is 19.6. The van der Waals surface area contributed by atoms with Crippen LogP contribution in [-0.2, 0) is 5.41 Å². The largest absolute Gasteiger partial charge is 0.228 e. The summed E-state index contributed by atoms with van der Waals surface area (Å²) in [6.07, 6.45) is 0. The molecule has 266 valence electrons. The maximum absolute atomic E-state index is 5.42. The lowest BCUT2D eigenvalue weighted by Gasteiger charge is -2.34. The van der Waals surface area contributed by atoms with Crippen molar-refractivity contribution in [2.75, 3.05) is 0 Å². The van der Waals surface area contributed by atoms with Gasteiger partial charge in [-0.15, -0.1) is 0 Å². The second-order valence-corrected chi connectivity index (χ2v) is 14.9. The van der Waals surface area contributed by atoms with Crippen LogP contribution in [0.2, 0.25) is 0 Å². The number of nitrogens with zero attached hydrogens (tertiary/aromatic N) is 2. The first-order valence-corrected chi connectivity index (χ1v) is 19.6. The van der Waals surface area contributed by atoms with E-state index in [4.69, 9.17) is 9.97 Å². The highest BCUT2D eigenvalue weighted by molar-refractivity contribution is 6.04. The van der Waals surface area contributed by atoms with Gasteiger partial charge in [0, 0.05) is 16.7 Å². The fraction of sp³-hybridized carbons (Fsp3) is 0.0182. The van der Waals surface area contributed by atoms with Crippen LogP contribution in [0, 0.1) is 0 Å². The van der Waals surface area contributed by atoms with E-state index >= 15 is 0 Å². The van der Waals surface area contributed by atoms with Crippen molar-refractivity contribution in [3.8, 4) is 56.2 Å². The first kappa shape index (κ1) is 33.0. The average Bonchev–Trinajstić information content (AvgIpc) is 3.60. The fourth-order valence-corrected chi connectivity index (χ4v) is 9.20. The van der Waals surface area contributed by atoms with E-state index in [1.165, 1.54) is 49.5 Å². The Morgan fingerprint density at radius 1 is 0.316 bits per heavy atom. The van der Waals surface area contributed by atoms with Crippen LogP contribution in [0.25, 0.3) is 77.7 Å². The molecule has 9 aromatic carbocycles. The molecule has 10 aromatic rings. The summed E-state index contributed by atoms with van der Waals surface area (Å²) in [5.41, 5.74) is 14.2. The minimum Gasteiger partial charge on any atom is -0.228 e. The summed E-state index contributed by atoms with van der Waals surface area (Å²) in [5, 5.41) is 4.85. The van der Waals surface area contributed by atoms with Crippen molar-refractivity contribution >= 4 is 21.5 Å². The number of rotatable bonds is 6. The number of aromatic nitrogens is 2. The predicted molar refractivity (Wildman–Crippen MR) is 236 cm³/mol. The van der Waals surface area contributed by atoms with Gasteiger partial charge in [0.15, 0.2) is 5.82 Å². The van der Waals surface area contributed by atoms with Crippen LogP contribution in [-0.4, -0.2) is 9.97 Å². The van der Waals surface area contributed by atoms with E-state index in [2.05, 4.69) is 218 Å². The topological polar surface area (TPSA) is 25.8 Å². The SMILES string of the molecule is c1ccc(-c2cccc(-c3nc(-c4ccc5c(c4)C(c4ccccc4)(c4ccccc4)c4ccc6ccccc6c4-5)cc(-c4cccc5ccccc45)n3)c2)cc1. The third-order valence-electron chi connectivity index (χ3n) is 11.8. The standard InChI is InChI=1S/C55H36N2/c1-4-16-37(17-5-1)40-21-14-22-42(34-40)54-56-51(36-52(57-54)47-29-15-20-38-18-10-12-27-45(38)47)41-30-32-48-50(35-41)55(43-23-6-2-7-24-43,44-25-8-3-9-26-44)49-33-31-39-19-11-13-28-46(39)53(48)49/h1-36H. The Hall–Kier alpha value is -7.42. The Labute approximate surface area is 332 Å². The number of hydrogen-bond donors (Lipinski definition) is 0. The van der Waals surface area contributed by atoms with Gasteiger partial charge >= 0.3 is 0 Å². The van der Waals surface area contributed by atoms with Crippen LogP contribution in [0.3, 0.4) is 0 Å². The van der Waals surface area contributed by atoms with Crippen molar-refractivity contribution in [2.45, 2.75) is 5.41 Å². The average molecular weight is 725 g/mol. The van der Waals surface area contributed by atoms with Crippen molar-refractivity contribution in [1.82, 2.24) is 9.97 Å². The van der Waals surface area contributed by atoms with Gasteiger partial charge in [-0.3, -0.25) is 0 Å². The fourth-order valence-electron chi connectivity index (χ4n) is 9.20. The van der Waals surface area contributed by atoms with E-state index in [-0.39, 0.29) is 0 Å². The highest BCUT2D eigenvalue weighted by atomic mass is 14.9. The van der Waals surface area contributed by atoms with Gasteiger partial charge in [-0.25, -0.2) is 9.97 Å². The summed E-state index contributed by atoms with van der Waals surface area (Å²) in [6.45, 7) is 0. The summed E-state index contributed by atoms with van der Waals surface area (Å²) in [5.74, 6) is 0.695. The van der Waals surface area contributed by atoms with E-state index < -0.39 is 5.41 Å². The highest BCUT2D eigenvalue weighted by Crippen LogP contribution is 2.58. The molecule has 0 bridgehead atoms. The number of fused-ring (bicyclic) bond motifs is 6. The summed E-state index contributed by atoms with van der Waals surface area (Å²) in [6, 6.07) is 78.8. The lowest BCUT2D eigenvalue weighted by atomic mass is 9.67. The van der Waals surface area contributed by atoms with Gasteiger partial charge in [0.1, 0.15) is 0 Å². The van der Waals surface area contributed by atoms with Gasteiger partial charge in [0.25, 0.3) is 0 Å². The molecule has 2 nitrogen and oxygen atoms in total. The molecule has 0 saturated carbocycles. The molecule has 57 heavy (non-hydrogen) atoms. The Bertz CT molecular complexity index is 3070. The molecule has 1 aromatic heterocycles. The molecule has 0 unspecified atom stereocenters. The zero-order valence-corrected chi connectivity index (χ0v) is 31.2. The molecular weight excluding hydrogens is 689 g/mol. The third kappa shape index (κ3) is 5.33. The van der Waals surface area contributed by atoms with Crippen LogP contribution in [0.15, 0.2) is 218 Å². The summed E-state index contributed by atoms with van der Waals surface area (Å²) in [7, 11) is 0. The van der Waals surface area contributed by atoms with Crippen molar-refractivity contribution in [2.24, 2.45) is 0 Å². The van der Waals surface area contributed by atoms with Crippen LogP contribution in [0.1, 0.15) is 22.3 Å². The van der Waals surface area contributed by atoms with Gasteiger partial charge < -0.3 is 0 Å². The van der Waals surface area contributed by atoms with Gasteiger partial charge in [0.2, 0.25) is 0 Å². The van der Waals surface area contributed by atoms with Crippen LogP contribution in [0.5, 0.6) is 0 Å². The third-order valence-corrected chi connectivity index (χ3v) is 11.8. The van der Waals surface area contributed by atoms with Crippen LogP contribution >= 0.6 is 0 Å². The van der Waals surface area contributed by atoms with Crippen molar-refractivity contribution < 1.29 is 0 Å². The second-order valence-electron chi connectivity index (χ2n) is 14.9. The van der Waals surface area contributed by atoms with Crippen molar-refractivity contribution in [3.05, 3.63) is 241 Å². The molecule has 0 spiro atoms. The second kappa shape index (κ2) is 13.4. The minimum absolute atomic E-state index is 0.550. The van der Waals surface area contributed by atoms with Crippen LogP contribution < -0.4 is 0 Å². The number of hydrogen-bond acceptors (Lipinski definition) is 2. The first-order chi connectivity index (χ1) is 28.3. The Balaban J connectivity index is 1.19. The molecule has 1 aliphatic carbocycles. The summed E-state index contributed by atoms with van der Waals surface area (Å²) < 4.78 is 0. The normalized spacial score (nSPS) is 12.7. The van der Waals surface area contributed by atoms with E-state index in [0.717, 1.165) is 44.6 Å². The molecule has 2 heteroatoms. The van der Waals surface area contributed by atoms with E-state index in [1.807, 2.05) is 0 Å². The molecule has 0 atom stereocenters. The van der Waals surface area contributed by atoms with E-state index in [9.17, 15) is 0 Å². The number of benzene rings is 9. The zero-order chi connectivity index (χ0) is 37.8. The molecule has 1 heterocycles. The maximum atomic E-state index is 5.42. The molecule has 0 fully saturated rings. The molecule has 0 amide bonds. The Morgan fingerprint density at radius 3 is 1.65 bits per heavy atom. The van der Waals surface area contributed by atoms with Gasteiger partial charge in [0.05, 0.1) is 16.8 Å². The van der Waals surface area contributed by atoms with Crippen molar-refractivity contribution in [1.29, 1.82) is 0 Å². The lowest BCUT2D eigenvalue weighted by molar-refractivity contribution is 0.769.